The number of ether oxygens (including phenoxy) is 1. The number of halogens is 1. The summed E-state index contributed by atoms with van der Waals surface area (Å²) in [5, 5.41) is 3.63. The lowest BCUT2D eigenvalue weighted by molar-refractivity contribution is 0.0962. The van der Waals surface area contributed by atoms with Crippen LogP contribution in [0.3, 0.4) is 0 Å². The zero-order valence-electron chi connectivity index (χ0n) is 10.7. The second-order valence-electron chi connectivity index (χ2n) is 5.62. The van der Waals surface area contributed by atoms with E-state index in [1.807, 2.05) is 6.07 Å². The summed E-state index contributed by atoms with van der Waals surface area (Å²) in [6.07, 6.45) is 5.30. The lowest BCUT2D eigenvalue weighted by Gasteiger charge is -2.24. The second-order valence-corrected chi connectivity index (χ2v) is 5.62. The molecule has 2 bridgehead atoms. The summed E-state index contributed by atoms with van der Waals surface area (Å²) in [4.78, 5) is 0. The van der Waals surface area contributed by atoms with Crippen LogP contribution in [-0.4, -0.2) is 24.3 Å². The Morgan fingerprint density at radius 2 is 2.33 bits per heavy atom. The Balaban J connectivity index is 1.54. The molecule has 1 N–H and O–H groups in total. The van der Waals surface area contributed by atoms with Crippen molar-refractivity contribution in [3.63, 3.8) is 0 Å². The highest BCUT2D eigenvalue weighted by Crippen LogP contribution is 2.34. The van der Waals surface area contributed by atoms with E-state index in [4.69, 9.17) is 4.74 Å². The molecule has 0 aliphatic carbocycles. The quantitative estimate of drug-likeness (QED) is 0.885. The molecule has 2 nitrogen and oxygen atoms in total. The maximum Gasteiger partial charge on any atom is 0.123 e. The molecule has 2 heterocycles. The van der Waals surface area contributed by atoms with Crippen molar-refractivity contribution in [3.05, 3.63) is 35.6 Å². The molecule has 0 saturated carbocycles. The minimum absolute atomic E-state index is 0.150. The molecular formula is C15H20FNO. The van der Waals surface area contributed by atoms with E-state index < -0.39 is 0 Å². The zero-order valence-corrected chi connectivity index (χ0v) is 10.7. The van der Waals surface area contributed by atoms with Crippen molar-refractivity contribution in [1.82, 2.24) is 5.32 Å². The van der Waals surface area contributed by atoms with Crippen molar-refractivity contribution in [2.45, 2.75) is 56.9 Å². The summed E-state index contributed by atoms with van der Waals surface area (Å²) >= 11 is 0. The molecule has 1 aromatic rings. The molecule has 0 amide bonds. The molecule has 3 rings (SSSR count). The molecule has 3 heteroatoms. The van der Waals surface area contributed by atoms with Crippen LogP contribution in [0, 0.1) is 5.82 Å². The Hall–Kier alpha value is -0.930. The van der Waals surface area contributed by atoms with E-state index in [0.29, 0.717) is 24.3 Å². The van der Waals surface area contributed by atoms with Gasteiger partial charge in [0, 0.05) is 12.1 Å². The van der Waals surface area contributed by atoms with Crippen LogP contribution in [0.2, 0.25) is 0 Å². The Morgan fingerprint density at radius 3 is 3.00 bits per heavy atom. The molecule has 0 spiro atoms. The van der Waals surface area contributed by atoms with Crippen molar-refractivity contribution in [2.75, 3.05) is 0 Å². The zero-order chi connectivity index (χ0) is 12.5. The number of benzene rings is 1. The van der Waals surface area contributed by atoms with Crippen LogP contribution in [0.1, 0.15) is 31.7 Å². The Kier molecular flexibility index (Phi) is 3.35. The van der Waals surface area contributed by atoms with Crippen molar-refractivity contribution in [2.24, 2.45) is 0 Å². The van der Waals surface area contributed by atoms with Gasteiger partial charge >= 0.3 is 0 Å². The van der Waals surface area contributed by atoms with E-state index in [0.717, 1.165) is 18.4 Å². The third kappa shape index (κ3) is 2.57. The van der Waals surface area contributed by atoms with Gasteiger partial charge in [-0.25, -0.2) is 4.39 Å². The molecule has 2 saturated heterocycles. The van der Waals surface area contributed by atoms with Gasteiger partial charge in [0.1, 0.15) is 5.82 Å². The van der Waals surface area contributed by atoms with Crippen molar-refractivity contribution >= 4 is 0 Å². The lowest BCUT2D eigenvalue weighted by atomic mass is 9.94. The van der Waals surface area contributed by atoms with Crippen molar-refractivity contribution in [3.8, 4) is 0 Å². The van der Waals surface area contributed by atoms with Gasteiger partial charge < -0.3 is 10.1 Å². The van der Waals surface area contributed by atoms with E-state index >= 15 is 0 Å². The van der Waals surface area contributed by atoms with E-state index in [1.54, 1.807) is 12.1 Å². The van der Waals surface area contributed by atoms with Crippen LogP contribution in [0.4, 0.5) is 4.39 Å². The average molecular weight is 249 g/mol. The van der Waals surface area contributed by atoms with Gasteiger partial charge in [-0.15, -0.1) is 0 Å². The monoisotopic (exact) mass is 249 g/mol. The average Bonchev–Trinajstić information content (AvgIpc) is 2.90. The van der Waals surface area contributed by atoms with Gasteiger partial charge in [-0.2, -0.15) is 0 Å². The first-order valence-electron chi connectivity index (χ1n) is 6.86. The molecule has 0 aromatic heterocycles. The van der Waals surface area contributed by atoms with Gasteiger partial charge in [0.25, 0.3) is 0 Å². The second kappa shape index (κ2) is 4.98. The predicted octanol–water partition coefficient (Wildman–Crippen LogP) is 2.67. The maximum atomic E-state index is 13.1. The third-order valence-electron chi connectivity index (χ3n) is 4.04. The number of fused-ring (bicyclic) bond motifs is 2. The van der Waals surface area contributed by atoms with Gasteiger partial charge in [-0.05, 0) is 50.3 Å². The summed E-state index contributed by atoms with van der Waals surface area (Å²) in [7, 11) is 0. The summed E-state index contributed by atoms with van der Waals surface area (Å²) in [6.45, 7) is 2.16. The molecule has 4 atom stereocenters. The summed E-state index contributed by atoms with van der Waals surface area (Å²) in [5.41, 5.74) is 1.05. The van der Waals surface area contributed by atoms with Crippen molar-refractivity contribution < 1.29 is 9.13 Å². The molecule has 2 aliphatic rings. The number of hydrogen-bond donors (Lipinski definition) is 1. The lowest BCUT2D eigenvalue weighted by Crippen LogP contribution is -2.43. The minimum atomic E-state index is -0.150. The van der Waals surface area contributed by atoms with Gasteiger partial charge in [0.05, 0.1) is 12.2 Å². The molecule has 1 aromatic carbocycles. The summed E-state index contributed by atoms with van der Waals surface area (Å²) < 4.78 is 18.9. The number of rotatable bonds is 4. The van der Waals surface area contributed by atoms with Crippen LogP contribution in [0.25, 0.3) is 0 Å². The van der Waals surface area contributed by atoms with Gasteiger partial charge in [0.2, 0.25) is 0 Å². The topological polar surface area (TPSA) is 21.3 Å². The van der Waals surface area contributed by atoms with Crippen LogP contribution in [0.5, 0.6) is 0 Å². The standard InChI is InChI=1S/C15H20FNO/c1-10(7-11-3-2-4-12(16)8-11)17-14-9-13-5-6-15(14)18-13/h2-4,8,10,13-15,17H,5-7,9H2,1H3. The first-order valence-corrected chi connectivity index (χ1v) is 6.86. The number of nitrogens with one attached hydrogen (secondary N) is 1. The molecular weight excluding hydrogens is 229 g/mol. The molecule has 4 unspecified atom stereocenters. The number of hydrogen-bond acceptors (Lipinski definition) is 2. The highest BCUT2D eigenvalue weighted by Gasteiger charge is 2.40. The molecule has 2 fully saturated rings. The molecule has 0 radical (unpaired) electrons. The summed E-state index contributed by atoms with van der Waals surface area (Å²) in [5.74, 6) is -0.150. The highest BCUT2D eigenvalue weighted by molar-refractivity contribution is 5.17. The fraction of sp³-hybridized carbons (Fsp3) is 0.600. The highest BCUT2D eigenvalue weighted by atomic mass is 19.1. The molecule has 2 aliphatic heterocycles. The largest absolute Gasteiger partial charge is 0.373 e. The van der Waals surface area contributed by atoms with Crippen molar-refractivity contribution in [1.29, 1.82) is 0 Å². The maximum absolute atomic E-state index is 13.1. The fourth-order valence-corrected chi connectivity index (χ4v) is 3.26. The van der Waals surface area contributed by atoms with E-state index in [2.05, 4.69) is 12.2 Å². The first-order chi connectivity index (χ1) is 8.70. The Bertz CT molecular complexity index is 423. The predicted molar refractivity (Wildman–Crippen MR) is 69.0 cm³/mol. The van der Waals surface area contributed by atoms with E-state index in [-0.39, 0.29) is 5.82 Å². The van der Waals surface area contributed by atoms with Crippen LogP contribution in [-0.2, 0) is 11.2 Å². The van der Waals surface area contributed by atoms with Crippen LogP contribution >= 0.6 is 0 Å². The minimum Gasteiger partial charge on any atom is -0.373 e. The molecule has 18 heavy (non-hydrogen) atoms. The SMILES string of the molecule is CC(Cc1cccc(F)c1)NC1CC2CCC1O2. The Labute approximate surface area is 108 Å². The van der Waals surface area contributed by atoms with Gasteiger partial charge in [-0.3, -0.25) is 0 Å². The van der Waals surface area contributed by atoms with Crippen LogP contribution < -0.4 is 5.32 Å². The van der Waals surface area contributed by atoms with Gasteiger partial charge in [-0.1, -0.05) is 12.1 Å². The Morgan fingerprint density at radius 1 is 1.44 bits per heavy atom. The molecule has 98 valence electrons. The van der Waals surface area contributed by atoms with Crippen LogP contribution in [0.15, 0.2) is 24.3 Å². The fourth-order valence-electron chi connectivity index (χ4n) is 3.26. The van der Waals surface area contributed by atoms with E-state index in [1.165, 1.54) is 18.9 Å². The summed E-state index contributed by atoms with van der Waals surface area (Å²) in [6, 6.07) is 7.73. The third-order valence-corrected chi connectivity index (χ3v) is 4.04. The smallest absolute Gasteiger partial charge is 0.123 e. The van der Waals surface area contributed by atoms with E-state index in [9.17, 15) is 4.39 Å². The normalized spacial score (nSPS) is 31.8. The first kappa shape index (κ1) is 12.1. The van der Waals surface area contributed by atoms with Gasteiger partial charge in [0.15, 0.2) is 0 Å².